The van der Waals surface area contributed by atoms with Gasteiger partial charge in [0.15, 0.2) is 0 Å². The lowest BCUT2D eigenvalue weighted by Crippen LogP contribution is -2.47. The number of carbonyl (C=O) groups excluding carboxylic acids is 2. The van der Waals surface area contributed by atoms with Crippen molar-refractivity contribution in [2.45, 2.75) is 18.9 Å². The van der Waals surface area contributed by atoms with Gasteiger partial charge >= 0.3 is 6.03 Å². The number of carbonyl (C=O) groups is 2. The summed E-state index contributed by atoms with van der Waals surface area (Å²) in [6.07, 6.45) is 0.992. The maximum Gasteiger partial charge on any atom is 0.327 e. The molecule has 2 saturated heterocycles. The first-order valence-electron chi connectivity index (χ1n) is 4.24. The molecule has 0 aromatic heterocycles. The smallest absolute Gasteiger partial charge is 0.312 e. The van der Waals surface area contributed by atoms with Crippen molar-refractivity contribution in [1.29, 1.82) is 5.26 Å². The lowest BCUT2D eigenvalue weighted by molar-refractivity contribution is -0.130. The van der Waals surface area contributed by atoms with E-state index in [9.17, 15) is 9.59 Å². The molecular weight excluding hydrogens is 170 g/mol. The summed E-state index contributed by atoms with van der Waals surface area (Å²) in [6.45, 7) is 0.916. The Morgan fingerprint density at radius 3 is 2.69 bits per heavy atom. The van der Waals surface area contributed by atoms with Crippen molar-refractivity contribution in [3.63, 3.8) is 0 Å². The van der Waals surface area contributed by atoms with E-state index in [2.05, 4.69) is 0 Å². The quantitative estimate of drug-likeness (QED) is 0.557. The van der Waals surface area contributed by atoms with E-state index < -0.39 is 0 Å². The fourth-order valence-electron chi connectivity index (χ4n) is 1.67. The third-order valence-corrected chi connectivity index (χ3v) is 2.49. The Kier molecular flexibility index (Phi) is 1.69. The fraction of sp³-hybridized carbons (Fsp3) is 0.625. The van der Waals surface area contributed by atoms with E-state index in [4.69, 9.17) is 5.26 Å². The molecule has 5 nitrogen and oxygen atoms in total. The average molecular weight is 179 g/mol. The molecule has 0 aromatic rings. The number of urea groups is 1. The molecule has 0 radical (unpaired) electrons. The van der Waals surface area contributed by atoms with Crippen molar-refractivity contribution in [2.24, 2.45) is 0 Å². The molecule has 2 aliphatic heterocycles. The van der Waals surface area contributed by atoms with Crippen molar-refractivity contribution >= 4 is 11.9 Å². The van der Waals surface area contributed by atoms with Crippen LogP contribution in [0.3, 0.4) is 0 Å². The number of fused-ring (bicyclic) bond motifs is 1. The first-order chi connectivity index (χ1) is 6.25. The highest BCUT2D eigenvalue weighted by atomic mass is 16.2. The molecule has 0 spiro atoms. The van der Waals surface area contributed by atoms with E-state index in [1.807, 2.05) is 6.07 Å². The summed E-state index contributed by atoms with van der Waals surface area (Å²) in [7, 11) is 0. The van der Waals surface area contributed by atoms with Gasteiger partial charge in [-0.3, -0.25) is 9.69 Å². The number of hydrogen-bond acceptors (Lipinski definition) is 3. The Balaban J connectivity index is 2.07. The Bertz CT molecular complexity index is 285. The maximum atomic E-state index is 11.4. The van der Waals surface area contributed by atoms with Gasteiger partial charge in [0, 0.05) is 13.1 Å². The third-order valence-electron chi connectivity index (χ3n) is 2.49. The van der Waals surface area contributed by atoms with Crippen LogP contribution in [0.2, 0.25) is 0 Å². The van der Waals surface area contributed by atoms with Crippen LogP contribution >= 0.6 is 0 Å². The molecule has 2 rings (SSSR count). The van der Waals surface area contributed by atoms with Crippen LogP contribution in [0.5, 0.6) is 0 Å². The second-order valence-corrected chi connectivity index (χ2v) is 3.18. The number of rotatable bonds is 2. The normalized spacial score (nSPS) is 25.6. The zero-order valence-corrected chi connectivity index (χ0v) is 7.06. The highest BCUT2D eigenvalue weighted by Gasteiger charge is 2.49. The average Bonchev–Trinajstić information content (AvgIpc) is 2.16. The molecule has 5 heteroatoms. The van der Waals surface area contributed by atoms with Crippen LogP contribution in [-0.4, -0.2) is 40.9 Å². The molecule has 3 amide bonds. The van der Waals surface area contributed by atoms with Crippen molar-refractivity contribution in [3.05, 3.63) is 0 Å². The predicted molar refractivity (Wildman–Crippen MR) is 42.5 cm³/mol. The second-order valence-electron chi connectivity index (χ2n) is 3.18. The SMILES string of the molecule is N#CCCN1C(=O)C2CCN2C1=O. The minimum atomic E-state index is -0.225. The highest BCUT2D eigenvalue weighted by molar-refractivity contribution is 6.05. The lowest BCUT2D eigenvalue weighted by Gasteiger charge is -2.30. The molecule has 1 unspecified atom stereocenters. The van der Waals surface area contributed by atoms with Gasteiger partial charge in [-0.25, -0.2) is 4.79 Å². The van der Waals surface area contributed by atoms with Gasteiger partial charge in [0.2, 0.25) is 0 Å². The van der Waals surface area contributed by atoms with E-state index in [1.54, 1.807) is 4.90 Å². The molecule has 1 atom stereocenters. The monoisotopic (exact) mass is 179 g/mol. The van der Waals surface area contributed by atoms with Crippen molar-refractivity contribution in [2.75, 3.05) is 13.1 Å². The number of amides is 3. The summed E-state index contributed by atoms with van der Waals surface area (Å²) < 4.78 is 0. The standard InChI is InChI=1S/C8H9N3O2/c9-3-1-4-11-7(12)6-2-5-10(6)8(11)13/h6H,1-2,4-5H2. The van der Waals surface area contributed by atoms with E-state index in [0.717, 1.165) is 6.42 Å². The summed E-state index contributed by atoms with van der Waals surface area (Å²) >= 11 is 0. The number of nitriles is 1. The fourth-order valence-corrected chi connectivity index (χ4v) is 1.67. The van der Waals surface area contributed by atoms with E-state index in [1.165, 1.54) is 4.90 Å². The molecule has 0 N–H and O–H groups in total. The molecule has 68 valence electrons. The topological polar surface area (TPSA) is 64.4 Å². The van der Waals surface area contributed by atoms with Crippen LogP contribution < -0.4 is 0 Å². The minimum absolute atomic E-state index is 0.133. The first-order valence-corrected chi connectivity index (χ1v) is 4.24. The number of nitrogens with zero attached hydrogens (tertiary/aromatic N) is 3. The minimum Gasteiger partial charge on any atom is -0.312 e. The van der Waals surface area contributed by atoms with Gasteiger partial charge in [-0.1, -0.05) is 0 Å². The summed E-state index contributed by atoms with van der Waals surface area (Å²) in [4.78, 5) is 25.6. The Labute approximate surface area is 75.5 Å². The highest BCUT2D eigenvalue weighted by Crippen LogP contribution is 2.27. The van der Waals surface area contributed by atoms with Gasteiger partial charge in [-0.2, -0.15) is 5.26 Å². The van der Waals surface area contributed by atoms with Gasteiger partial charge < -0.3 is 4.90 Å². The summed E-state index contributed by atoms with van der Waals surface area (Å²) in [5.74, 6) is -0.133. The van der Waals surface area contributed by atoms with Crippen molar-refractivity contribution in [3.8, 4) is 6.07 Å². The second kappa shape index (κ2) is 2.73. The van der Waals surface area contributed by atoms with Crippen molar-refractivity contribution < 1.29 is 9.59 Å². The van der Waals surface area contributed by atoms with Crippen LogP contribution in [-0.2, 0) is 4.79 Å². The van der Waals surface area contributed by atoms with Gasteiger partial charge in [0.25, 0.3) is 5.91 Å². The van der Waals surface area contributed by atoms with E-state index in [0.29, 0.717) is 6.54 Å². The molecular formula is C8H9N3O2. The molecule has 0 saturated carbocycles. The summed E-state index contributed by atoms with van der Waals surface area (Å²) in [5.41, 5.74) is 0. The number of imide groups is 1. The number of hydrogen-bond donors (Lipinski definition) is 0. The molecule has 0 bridgehead atoms. The van der Waals surface area contributed by atoms with Gasteiger partial charge in [-0.15, -0.1) is 0 Å². The van der Waals surface area contributed by atoms with Gasteiger partial charge in [0.05, 0.1) is 12.5 Å². The van der Waals surface area contributed by atoms with E-state index in [-0.39, 0.29) is 30.9 Å². The van der Waals surface area contributed by atoms with Crippen molar-refractivity contribution in [1.82, 2.24) is 9.80 Å². The zero-order chi connectivity index (χ0) is 9.42. The Morgan fingerprint density at radius 2 is 2.31 bits per heavy atom. The largest absolute Gasteiger partial charge is 0.327 e. The van der Waals surface area contributed by atoms with Crippen LogP contribution in [0.15, 0.2) is 0 Å². The maximum absolute atomic E-state index is 11.4. The summed E-state index contributed by atoms with van der Waals surface area (Å²) in [5, 5.41) is 8.33. The molecule has 2 heterocycles. The van der Waals surface area contributed by atoms with Crippen LogP contribution in [0.1, 0.15) is 12.8 Å². The molecule has 0 aromatic carbocycles. The Hall–Kier alpha value is -1.57. The molecule has 2 fully saturated rings. The predicted octanol–water partition coefficient (Wildman–Crippen LogP) is -0.0634. The summed E-state index contributed by atoms with van der Waals surface area (Å²) in [6, 6.07) is 1.48. The zero-order valence-electron chi connectivity index (χ0n) is 7.06. The lowest BCUT2D eigenvalue weighted by atomic mass is 10.1. The van der Waals surface area contributed by atoms with Crippen LogP contribution in [0, 0.1) is 11.3 Å². The molecule has 13 heavy (non-hydrogen) atoms. The van der Waals surface area contributed by atoms with Crippen LogP contribution in [0.4, 0.5) is 4.79 Å². The van der Waals surface area contributed by atoms with E-state index >= 15 is 0 Å². The first kappa shape index (κ1) is 8.05. The Morgan fingerprint density at radius 1 is 1.54 bits per heavy atom. The van der Waals surface area contributed by atoms with Gasteiger partial charge in [0.1, 0.15) is 6.04 Å². The third kappa shape index (κ3) is 0.985. The van der Waals surface area contributed by atoms with Gasteiger partial charge in [-0.05, 0) is 6.42 Å². The molecule has 0 aliphatic carbocycles. The molecule has 2 aliphatic rings. The van der Waals surface area contributed by atoms with Crippen LogP contribution in [0.25, 0.3) is 0 Å².